The number of Topliss-reactive ketones (excluding diaryl/α,β-unsaturated/α-hetero) is 1. The van der Waals surface area contributed by atoms with Crippen molar-refractivity contribution in [2.45, 2.75) is 72.0 Å². The van der Waals surface area contributed by atoms with E-state index >= 15 is 0 Å². The molecule has 1 saturated carbocycles. The first-order valence-corrected chi connectivity index (χ1v) is 6.61. The molecule has 92 valence electrons. The molecule has 0 aromatic heterocycles. The number of rotatable bonds is 1. The van der Waals surface area contributed by atoms with Gasteiger partial charge in [0, 0.05) is 6.42 Å². The lowest BCUT2D eigenvalue weighted by molar-refractivity contribution is -0.195. The highest BCUT2D eigenvalue weighted by Crippen LogP contribution is 2.53. The zero-order valence-electron chi connectivity index (χ0n) is 11.0. The van der Waals surface area contributed by atoms with Crippen molar-refractivity contribution in [1.82, 2.24) is 0 Å². The van der Waals surface area contributed by atoms with E-state index in [1.54, 1.807) is 0 Å². The topological polar surface area (TPSA) is 26.3 Å². The molecule has 3 atom stereocenters. The molecule has 0 aromatic rings. The molecule has 1 saturated heterocycles. The van der Waals surface area contributed by atoms with Crippen LogP contribution < -0.4 is 0 Å². The minimum atomic E-state index is -0.289. The normalized spacial score (nSPS) is 42.9. The van der Waals surface area contributed by atoms with Gasteiger partial charge in [0.15, 0.2) is 0 Å². The predicted molar refractivity (Wildman–Crippen MR) is 64.3 cm³/mol. The van der Waals surface area contributed by atoms with Gasteiger partial charge in [-0.1, -0.05) is 20.8 Å². The van der Waals surface area contributed by atoms with Crippen molar-refractivity contribution in [3.63, 3.8) is 0 Å². The lowest BCUT2D eigenvalue weighted by atomic mass is 9.56. The number of fused-ring (bicyclic) bond motifs is 1. The predicted octanol–water partition coefficient (Wildman–Crippen LogP) is 3.34. The number of ether oxygens (including phenoxy) is 1. The third-order valence-corrected chi connectivity index (χ3v) is 4.90. The van der Waals surface area contributed by atoms with Crippen LogP contribution in [0.1, 0.15) is 59.8 Å². The van der Waals surface area contributed by atoms with Gasteiger partial charge in [-0.2, -0.15) is 0 Å². The van der Waals surface area contributed by atoms with Crippen molar-refractivity contribution in [3.05, 3.63) is 0 Å². The first kappa shape index (κ1) is 12.1. The Balaban J connectivity index is 2.33. The summed E-state index contributed by atoms with van der Waals surface area (Å²) in [5.41, 5.74) is -0.0210. The molecule has 2 rings (SSSR count). The van der Waals surface area contributed by atoms with Gasteiger partial charge in [-0.05, 0) is 38.0 Å². The van der Waals surface area contributed by atoms with Crippen LogP contribution in [-0.4, -0.2) is 18.0 Å². The SMILES string of the molecule is CCC12CCC(=O)C(C)(C)[C@@H]1O[C@@H](C)CC2. The van der Waals surface area contributed by atoms with Gasteiger partial charge in [-0.25, -0.2) is 0 Å². The Kier molecular flexibility index (Phi) is 2.90. The number of hydrogen-bond acceptors (Lipinski definition) is 2. The molecule has 0 bridgehead atoms. The Morgan fingerprint density at radius 1 is 1.38 bits per heavy atom. The lowest BCUT2D eigenvalue weighted by Gasteiger charge is -2.54. The summed E-state index contributed by atoms with van der Waals surface area (Å²) in [6, 6.07) is 0. The fourth-order valence-electron chi connectivity index (χ4n) is 3.63. The molecule has 0 amide bonds. The van der Waals surface area contributed by atoms with Crippen molar-refractivity contribution in [2.75, 3.05) is 0 Å². The fraction of sp³-hybridized carbons (Fsp3) is 0.929. The number of carbonyl (C=O) groups is 1. The smallest absolute Gasteiger partial charge is 0.141 e. The molecule has 0 aromatic carbocycles. The second-order valence-corrected chi connectivity index (χ2v) is 6.23. The van der Waals surface area contributed by atoms with Crippen LogP contribution in [0.5, 0.6) is 0 Å². The Bertz CT molecular complexity index is 295. The van der Waals surface area contributed by atoms with Crippen LogP contribution in [0, 0.1) is 10.8 Å². The maximum atomic E-state index is 12.1. The van der Waals surface area contributed by atoms with Crippen molar-refractivity contribution < 1.29 is 9.53 Å². The van der Waals surface area contributed by atoms with E-state index in [9.17, 15) is 4.79 Å². The van der Waals surface area contributed by atoms with Crippen molar-refractivity contribution in [2.24, 2.45) is 10.8 Å². The van der Waals surface area contributed by atoms with Crippen LogP contribution in [0.4, 0.5) is 0 Å². The standard InChI is InChI=1S/C14H24O2/c1-5-14-8-6-10(2)16-12(14)13(3,4)11(15)7-9-14/h10,12H,5-9H2,1-4H3/t10-,12-,14?/m0/s1. The largest absolute Gasteiger partial charge is 0.374 e. The Labute approximate surface area is 98.7 Å². The van der Waals surface area contributed by atoms with Crippen LogP contribution in [0.2, 0.25) is 0 Å². The van der Waals surface area contributed by atoms with Gasteiger partial charge >= 0.3 is 0 Å². The summed E-state index contributed by atoms with van der Waals surface area (Å²) in [6.07, 6.45) is 5.74. The average molecular weight is 224 g/mol. The minimum Gasteiger partial charge on any atom is -0.374 e. The van der Waals surface area contributed by atoms with Gasteiger partial charge in [0.25, 0.3) is 0 Å². The van der Waals surface area contributed by atoms with E-state index in [2.05, 4.69) is 27.7 Å². The van der Waals surface area contributed by atoms with E-state index in [1.165, 1.54) is 6.42 Å². The molecule has 1 unspecified atom stereocenters. The van der Waals surface area contributed by atoms with Crippen LogP contribution in [0.3, 0.4) is 0 Å². The summed E-state index contributed by atoms with van der Waals surface area (Å²) in [6.45, 7) is 8.52. The second-order valence-electron chi connectivity index (χ2n) is 6.23. The average Bonchev–Trinajstić information content (AvgIpc) is 2.26. The maximum Gasteiger partial charge on any atom is 0.141 e. The molecule has 1 aliphatic heterocycles. The zero-order chi connectivity index (χ0) is 12.0. The molecule has 1 heterocycles. The van der Waals surface area contributed by atoms with Crippen LogP contribution >= 0.6 is 0 Å². The third kappa shape index (κ3) is 1.62. The van der Waals surface area contributed by atoms with Crippen molar-refractivity contribution in [1.29, 1.82) is 0 Å². The van der Waals surface area contributed by atoms with Crippen LogP contribution in [-0.2, 0) is 9.53 Å². The summed E-state index contributed by atoms with van der Waals surface area (Å²) in [5.74, 6) is 0.385. The third-order valence-electron chi connectivity index (χ3n) is 4.90. The lowest BCUT2D eigenvalue weighted by Crippen LogP contribution is -2.57. The Morgan fingerprint density at radius 3 is 2.69 bits per heavy atom. The first-order valence-electron chi connectivity index (χ1n) is 6.61. The van der Waals surface area contributed by atoms with Gasteiger partial charge in [0.2, 0.25) is 0 Å². The van der Waals surface area contributed by atoms with Gasteiger partial charge in [0.05, 0.1) is 17.6 Å². The molecule has 0 N–H and O–H groups in total. The maximum absolute atomic E-state index is 12.1. The number of carbonyl (C=O) groups excluding carboxylic acids is 1. The number of hydrogen-bond donors (Lipinski definition) is 0. The molecule has 2 fully saturated rings. The van der Waals surface area contributed by atoms with E-state index in [4.69, 9.17) is 4.74 Å². The molecule has 2 aliphatic rings. The highest BCUT2D eigenvalue weighted by Gasteiger charge is 2.55. The molecule has 0 spiro atoms. The highest BCUT2D eigenvalue weighted by molar-refractivity contribution is 5.85. The van der Waals surface area contributed by atoms with E-state index in [0.29, 0.717) is 11.9 Å². The van der Waals surface area contributed by atoms with Gasteiger partial charge < -0.3 is 4.74 Å². The highest BCUT2D eigenvalue weighted by atomic mass is 16.5. The molecular weight excluding hydrogens is 200 g/mol. The Morgan fingerprint density at radius 2 is 2.06 bits per heavy atom. The summed E-state index contributed by atoms with van der Waals surface area (Å²) in [5, 5.41) is 0. The molecule has 0 radical (unpaired) electrons. The molecule has 2 nitrogen and oxygen atoms in total. The van der Waals surface area contributed by atoms with E-state index in [-0.39, 0.29) is 16.9 Å². The number of ketones is 1. The molecule has 16 heavy (non-hydrogen) atoms. The van der Waals surface area contributed by atoms with E-state index in [1.807, 2.05) is 0 Å². The summed E-state index contributed by atoms with van der Waals surface area (Å²) in [4.78, 5) is 12.1. The van der Waals surface area contributed by atoms with Gasteiger partial charge in [0.1, 0.15) is 5.78 Å². The van der Waals surface area contributed by atoms with E-state index in [0.717, 1.165) is 25.7 Å². The van der Waals surface area contributed by atoms with E-state index < -0.39 is 0 Å². The van der Waals surface area contributed by atoms with Gasteiger partial charge in [-0.3, -0.25) is 4.79 Å². The Hall–Kier alpha value is -0.370. The summed E-state index contributed by atoms with van der Waals surface area (Å²) < 4.78 is 6.15. The fourth-order valence-corrected chi connectivity index (χ4v) is 3.63. The quantitative estimate of drug-likeness (QED) is 0.683. The molecule has 1 aliphatic carbocycles. The van der Waals surface area contributed by atoms with Crippen LogP contribution in [0.15, 0.2) is 0 Å². The zero-order valence-corrected chi connectivity index (χ0v) is 11.0. The monoisotopic (exact) mass is 224 g/mol. The second kappa shape index (κ2) is 3.83. The minimum absolute atomic E-state index is 0.134. The molecular formula is C14H24O2. The van der Waals surface area contributed by atoms with Crippen molar-refractivity contribution in [3.8, 4) is 0 Å². The van der Waals surface area contributed by atoms with Gasteiger partial charge in [-0.15, -0.1) is 0 Å². The van der Waals surface area contributed by atoms with Crippen LogP contribution in [0.25, 0.3) is 0 Å². The summed E-state index contributed by atoms with van der Waals surface area (Å²) in [7, 11) is 0. The molecule has 2 heteroatoms. The van der Waals surface area contributed by atoms with Crippen molar-refractivity contribution >= 4 is 5.78 Å². The first-order chi connectivity index (χ1) is 7.42. The summed E-state index contributed by atoms with van der Waals surface area (Å²) >= 11 is 0.